The van der Waals surface area contributed by atoms with Gasteiger partial charge in [0.15, 0.2) is 15.6 Å². The molecule has 10 heteroatoms. The first-order chi connectivity index (χ1) is 14.7. The zero-order valence-corrected chi connectivity index (χ0v) is 18.1. The number of rotatable bonds is 5. The number of ether oxygens (including phenoxy) is 1. The van der Waals surface area contributed by atoms with E-state index in [4.69, 9.17) is 4.74 Å². The second-order valence-corrected chi connectivity index (χ2v) is 10.5. The summed E-state index contributed by atoms with van der Waals surface area (Å²) in [5, 5.41) is 12.4. The Bertz CT molecular complexity index is 1180. The number of aliphatic hydroxyl groups is 1. The molecule has 31 heavy (non-hydrogen) atoms. The number of carbonyl (C=O) groups excluding carboxylic acids is 3. The summed E-state index contributed by atoms with van der Waals surface area (Å²) in [6.45, 7) is 0. The van der Waals surface area contributed by atoms with E-state index >= 15 is 0 Å². The molecule has 1 N–H and O–H groups in total. The number of hydrogen-bond acceptors (Lipinski definition) is 8. The van der Waals surface area contributed by atoms with Crippen molar-refractivity contribution in [2.45, 2.75) is 18.5 Å². The summed E-state index contributed by atoms with van der Waals surface area (Å²) in [4.78, 5) is 39.6. The van der Waals surface area contributed by atoms with E-state index in [1.807, 2.05) is 0 Å². The molecule has 2 aromatic rings. The second-order valence-electron chi connectivity index (χ2n) is 7.35. The van der Waals surface area contributed by atoms with Crippen LogP contribution in [-0.4, -0.2) is 60.7 Å². The van der Waals surface area contributed by atoms with Crippen LogP contribution in [0.1, 0.15) is 38.1 Å². The highest BCUT2D eigenvalue weighted by atomic mass is 32.2. The van der Waals surface area contributed by atoms with E-state index in [1.165, 1.54) is 35.5 Å². The van der Waals surface area contributed by atoms with Gasteiger partial charge >= 0.3 is 5.97 Å². The minimum atomic E-state index is -3.32. The maximum atomic E-state index is 13.2. The maximum absolute atomic E-state index is 13.2. The van der Waals surface area contributed by atoms with E-state index in [2.05, 4.69) is 0 Å². The van der Waals surface area contributed by atoms with E-state index in [1.54, 1.807) is 29.6 Å². The van der Waals surface area contributed by atoms with Crippen LogP contribution in [0.3, 0.4) is 0 Å². The number of thiophene rings is 1. The first-order valence-corrected chi connectivity index (χ1v) is 12.2. The van der Waals surface area contributed by atoms with Gasteiger partial charge in [-0.2, -0.15) is 0 Å². The van der Waals surface area contributed by atoms with E-state index in [-0.39, 0.29) is 29.1 Å². The minimum absolute atomic E-state index is 0.0651. The Morgan fingerprint density at radius 3 is 2.45 bits per heavy atom. The largest absolute Gasteiger partial charge is 0.503 e. The molecule has 2 aliphatic heterocycles. The Balaban J connectivity index is 1.80. The lowest BCUT2D eigenvalue weighted by Gasteiger charge is -2.31. The first kappa shape index (κ1) is 21.3. The Hall–Kier alpha value is -2.98. The summed E-state index contributed by atoms with van der Waals surface area (Å²) in [6.07, 6.45) is 0.221. The van der Waals surface area contributed by atoms with E-state index in [0.717, 1.165) is 0 Å². The van der Waals surface area contributed by atoms with Crippen molar-refractivity contribution in [2.75, 3.05) is 18.6 Å². The molecule has 162 valence electrons. The fourth-order valence-corrected chi connectivity index (χ4v) is 6.40. The number of esters is 1. The molecule has 1 aromatic heterocycles. The lowest BCUT2D eigenvalue weighted by atomic mass is 9.94. The van der Waals surface area contributed by atoms with Crippen LogP contribution in [-0.2, 0) is 19.4 Å². The van der Waals surface area contributed by atoms with E-state index in [0.29, 0.717) is 10.4 Å². The minimum Gasteiger partial charge on any atom is -0.503 e. The Morgan fingerprint density at radius 2 is 1.90 bits per heavy atom. The molecule has 0 bridgehead atoms. The number of amides is 1. The molecule has 3 heterocycles. The van der Waals surface area contributed by atoms with Crippen molar-refractivity contribution in [1.82, 2.24) is 4.90 Å². The lowest BCUT2D eigenvalue weighted by Crippen LogP contribution is -2.41. The van der Waals surface area contributed by atoms with Crippen LogP contribution in [0, 0.1) is 0 Å². The quantitative estimate of drug-likeness (QED) is 0.536. The van der Waals surface area contributed by atoms with Crippen LogP contribution in [0.2, 0.25) is 0 Å². The Labute approximate surface area is 182 Å². The van der Waals surface area contributed by atoms with Gasteiger partial charge in [0.2, 0.25) is 5.78 Å². The molecule has 0 aliphatic carbocycles. The molecule has 8 nitrogen and oxygen atoms in total. The third kappa shape index (κ3) is 3.77. The van der Waals surface area contributed by atoms with Crippen molar-refractivity contribution < 1.29 is 32.6 Å². The molecule has 0 unspecified atom stereocenters. The number of ketones is 1. The predicted octanol–water partition coefficient (Wildman–Crippen LogP) is 2.30. The van der Waals surface area contributed by atoms with Crippen molar-refractivity contribution in [1.29, 1.82) is 0 Å². The Morgan fingerprint density at radius 1 is 1.19 bits per heavy atom. The van der Waals surface area contributed by atoms with Gasteiger partial charge in [-0.05, 0) is 35.6 Å². The molecule has 1 fully saturated rings. The number of hydrogen-bond donors (Lipinski definition) is 1. The normalized spacial score (nSPS) is 22.7. The molecule has 1 aromatic carbocycles. The average Bonchev–Trinajstić information content (AvgIpc) is 3.47. The van der Waals surface area contributed by atoms with Crippen LogP contribution >= 0.6 is 11.3 Å². The molecule has 0 saturated carbocycles. The highest BCUT2D eigenvalue weighted by Gasteiger charge is 2.49. The van der Waals surface area contributed by atoms with Crippen molar-refractivity contribution in [3.8, 4) is 0 Å². The monoisotopic (exact) mass is 461 g/mol. The van der Waals surface area contributed by atoms with Crippen LogP contribution in [0.5, 0.6) is 0 Å². The summed E-state index contributed by atoms with van der Waals surface area (Å²) in [6, 6.07) is 7.79. The van der Waals surface area contributed by atoms with Gasteiger partial charge in [0.05, 0.1) is 40.7 Å². The van der Waals surface area contributed by atoms with Crippen LogP contribution in [0.4, 0.5) is 0 Å². The van der Waals surface area contributed by atoms with Crippen molar-refractivity contribution in [3.05, 3.63) is 69.1 Å². The van der Waals surface area contributed by atoms with Gasteiger partial charge < -0.3 is 14.7 Å². The number of benzene rings is 1. The van der Waals surface area contributed by atoms with Gasteiger partial charge in [0.1, 0.15) is 0 Å². The summed E-state index contributed by atoms with van der Waals surface area (Å²) in [7, 11) is -2.06. The molecule has 4 rings (SSSR count). The number of aliphatic hydroxyl groups excluding tert-OH is 1. The third-order valence-corrected chi connectivity index (χ3v) is 8.10. The third-order valence-electron chi connectivity index (χ3n) is 5.48. The summed E-state index contributed by atoms with van der Waals surface area (Å²) in [5.41, 5.74) is 0.668. The molecule has 1 saturated heterocycles. The van der Waals surface area contributed by atoms with Crippen LogP contribution < -0.4 is 0 Å². The first-order valence-electron chi connectivity index (χ1n) is 9.46. The van der Waals surface area contributed by atoms with Crippen LogP contribution in [0.15, 0.2) is 53.1 Å². The summed E-state index contributed by atoms with van der Waals surface area (Å²) in [5.74, 6) is -2.78. The lowest BCUT2D eigenvalue weighted by molar-refractivity contribution is -0.131. The molecule has 1 amide bonds. The molecular formula is C21H19NO7S2. The van der Waals surface area contributed by atoms with E-state index in [9.17, 15) is 27.9 Å². The summed E-state index contributed by atoms with van der Waals surface area (Å²) >= 11 is 1.18. The molecule has 0 spiro atoms. The predicted molar refractivity (Wildman–Crippen MR) is 113 cm³/mol. The van der Waals surface area contributed by atoms with Gasteiger partial charge in [-0.1, -0.05) is 18.2 Å². The van der Waals surface area contributed by atoms with Gasteiger partial charge in [-0.25, -0.2) is 13.2 Å². The number of Topliss-reactive ketones (excluding diaryl/α,β-unsaturated/α-hetero) is 1. The highest BCUT2D eigenvalue weighted by Crippen LogP contribution is 2.42. The van der Waals surface area contributed by atoms with Gasteiger partial charge in [-0.15, -0.1) is 11.3 Å². The zero-order valence-electron chi connectivity index (χ0n) is 16.5. The summed E-state index contributed by atoms with van der Waals surface area (Å²) < 4.78 is 28.8. The number of carbonyl (C=O) groups is 3. The SMILES string of the molecule is COC(=O)c1ccc([C@@H]2C(C(=O)c3cccs3)=C(O)C(=O)N2[C@H]2CCS(=O)(=O)C2)cc1. The fourth-order valence-electron chi connectivity index (χ4n) is 4.01. The van der Waals surface area contributed by atoms with Crippen molar-refractivity contribution in [3.63, 3.8) is 0 Å². The number of sulfone groups is 1. The average molecular weight is 462 g/mol. The zero-order chi connectivity index (χ0) is 22.3. The number of nitrogens with zero attached hydrogens (tertiary/aromatic N) is 1. The topological polar surface area (TPSA) is 118 Å². The van der Waals surface area contributed by atoms with Crippen molar-refractivity contribution in [2.24, 2.45) is 0 Å². The van der Waals surface area contributed by atoms with Crippen molar-refractivity contribution >= 4 is 38.8 Å². The Kier molecular flexibility index (Phi) is 5.44. The van der Waals surface area contributed by atoms with Crippen LogP contribution in [0.25, 0.3) is 0 Å². The fraction of sp³-hybridized carbons (Fsp3) is 0.286. The molecular weight excluding hydrogens is 442 g/mol. The molecule has 2 aliphatic rings. The highest BCUT2D eigenvalue weighted by molar-refractivity contribution is 7.91. The molecule has 2 atom stereocenters. The smallest absolute Gasteiger partial charge is 0.337 e. The van der Waals surface area contributed by atoms with Gasteiger partial charge in [0, 0.05) is 6.04 Å². The number of methoxy groups -OCH3 is 1. The van der Waals surface area contributed by atoms with Gasteiger partial charge in [0.25, 0.3) is 5.91 Å². The maximum Gasteiger partial charge on any atom is 0.337 e. The van der Waals surface area contributed by atoms with E-state index < -0.39 is 45.3 Å². The second kappa shape index (κ2) is 7.93. The standard InChI is InChI=1S/C21H19NO7S2/c1-29-21(26)13-6-4-12(5-7-13)17-16(18(23)15-3-2-9-30-15)19(24)20(25)22(17)14-8-10-31(27,28)11-14/h2-7,9,14,17,24H,8,10-11H2,1H3/t14-,17+/m0/s1. The van der Waals surface area contributed by atoms with Gasteiger partial charge in [-0.3, -0.25) is 9.59 Å². The molecule has 0 radical (unpaired) electrons.